The van der Waals surface area contributed by atoms with Crippen LogP contribution in [0, 0.1) is 5.92 Å². The number of rotatable bonds is 4. The highest BCUT2D eigenvalue weighted by atomic mass is 35.5. The molecule has 0 spiro atoms. The second-order valence-electron chi connectivity index (χ2n) is 8.37. The third-order valence-corrected chi connectivity index (χ3v) is 6.99. The minimum absolute atomic E-state index is 0.382. The van der Waals surface area contributed by atoms with E-state index < -0.39 is 0 Å². The molecule has 5 nitrogen and oxygen atoms in total. The number of hydrogen-bond donors (Lipinski definition) is 2. The first kappa shape index (κ1) is 21.8. The third-order valence-electron chi connectivity index (χ3n) is 6.13. The number of nitrogens with zero attached hydrogens (tertiary/aromatic N) is 4. The molecule has 1 aromatic heterocycles. The molecule has 1 N–H and O–H groups in total. The van der Waals surface area contributed by atoms with Crippen LogP contribution in [0.25, 0.3) is 5.69 Å². The van der Waals surface area contributed by atoms with E-state index in [0.29, 0.717) is 16.2 Å². The lowest BCUT2D eigenvalue weighted by Crippen LogP contribution is -2.23. The van der Waals surface area contributed by atoms with Crippen molar-refractivity contribution >= 4 is 35.8 Å². The van der Waals surface area contributed by atoms with Crippen LogP contribution in [0.2, 0.25) is 5.02 Å². The average Bonchev–Trinajstić information content (AvgIpc) is 3.05. The Labute approximate surface area is 193 Å². The highest BCUT2D eigenvalue weighted by Gasteiger charge is 2.30. The van der Waals surface area contributed by atoms with Crippen LogP contribution in [0.5, 0.6) is 0 Å². The van der Waals surface area contributed by atoms with Gasteiger partial charge in [-0.15, -0.1) is 22.8 Å². The highest BCUT2D eigenvalue weighted by Crippen LogP contribution is 2.39. The lowest BCUT2D eigenvalue weighted by atomic mass is 9.80. The van der Waals surface area contributed by atoms with Crippen LogP contribution in [0.4, 0.5) is 0 Å². The summed E-state index contributed by atoms with van der Waals surface area (Å²) in [6, 6.07) is 6.11. The molecule has 0 atom stereocenters. The minimum atomic E-state index is 0.382. The van der Waals surface area contributed by atoms with Gasteiger partial charge < -0.3 is 5.32 Å². The van der Waals surface area contributed by atoms with E-state index in [1.165, 1.54) is 5.56 Å². The van der Waals surface area contributed by atoms with Crippen LogP contribution in [0.15, 0.2) is 40.5 Å². The quantitative estimate of drug-likeness (QED) is 0.579. The van der Waals surface area contributed by atoms with E-state index in [2.05, 4.69) is 63.4 Å². The van der Waals surface area contributed by atoms with Gasteiger partial charge in [-0.05, 0) is 69.3 Å². The topological polar surface area (TPSA) is 46.0 Å². The van der Waals surface area contributed by atoms with Gasteiger partial charge in [0, 0.05) is 28.9 Å². The smallest absolute Gasteiger partial charge is 0.151 e. The van der Waals surface area contributed by atoms with E-state index in [9.17, 15) is 0 Å². The van der Waals surface area contributed by atoms with E-state index in [0.717, 1.165) is 72.5 Å². The van der Waals surface area contributed by atoms with Gasteiger partial charge in [0.05, 0.1) is 16.6 Å². The first-order valence-corrected chi connectivity index (χ1v) is 11.5. The third kappa shape index (κ3) is 4.42. The fraction of sp³-hybridized carbons (Fsp3) is 0.455. The lowest BCUT2D eigenvalue weighted by Gasteiger charge is -2.30. The summed E-state index contributed by atoms with van der Waals surface area (Å²) in [5, 5.41) is 13.3. The zero-order valence-corrected chi connectivity index (χ0v) is 19.7. The Kier molecular flexibility index (Phi) is 6.49. The van der Waals surface area contributed by atoms with Gasteiger partial charge in [-0.2, -0.15) is 0 Å². The summed E-state index contributed by atoms with van der Waals surface area (Å²) in [6.45, 7) is 7.76. The van der Waals surface area contributed by atoms with Gasteiger partial charge >= 0.3 is 0 Å². The molecule has 2 aliphatic rings. The molecule has 0 amide bonds. The van der Waals surface area contributed by atoms with Crippen molar-refractivity contribution in [2.75, 3.05) is 7.05 Å². The molecule has 1 saturated carbocycles. The first-order valence-electron chi connectivity index (χ1n) is 10.3. The maximum atomic E-state index is 6.28. The van der Waals surface area contributed by atoms with Crippen molar-refractivity contribution in [1.82, 2.24) is 25.0 Å². The van der Waals surface area contributed by atoms with Gasteiger partial charge in [0.1, 0.15) is 5.82 Å². The van der Waals surface area contributed by atoms with Gasteiger partial charge in [-0.1, -0.05) is 29.8 Å². The van der Waals surface area contributed by atoms with Crippen LogP contribution in [-0.4, -0.2) is 26.7 Å². The molecule has 0 saturated heterocycles. The molecule has 1 aliphatic heterocycles. The van der Waals surface area contributed by atoms with Gasteiger partial charge in [0.25, 0.3) is 0 Å². The van der Waals surface area contributed by atoms with E-state index >= 15 is 0 Å². The maximum Gasteiger partial charge on any atom is 0.151 e. The Morgan fingerprint density at radius 3 is 2.63 bits per heavy atom. The number of allylic oxidation sites excluding steroid dienone is 2. The molecule has 2 aromatic rings. The van der Waals surface area contributed by atoms with Gasteiger partial charge in [-0.3, -0.25) is 9.47 Å². The Morgan fingerprint density at radius 2 is 1.93 bits per heavy atom. The second kappa shape index (κ2) is 8.95. The van der Waals surface area contributed by atoms with Gasteiger partial charge in [0.15, 0.2) is 5.82 Å². The molecule has 160 valence electrons. The first-order chi connectivity index (χ1) is 14.3. The van der Waals surface area contributed by atoms with E-state index in [4.69, 9.17) is 23.2 Å². The molecule has 4 rings (SSSR count). The number of nitrogens with one attached hydrogen (secondary N) is 1. The fourth-order valence-electron chi connectivity index (χ4n) is 4.54. The number of thiol groups is 1. The highest BCUT2D eigenvalue weighted by molar-refractivity contribution is 7.86. The summed E-state index contributed by atoms with van der Waals surface area (Å²) in [6.07, 6.45) is 4.23. The van der Waals surface area contributed by atoms with Crippen LogP contribution in [0.1, 0.15) is 55.7 Å². The zero-order valence-electron chi connectivity index (χ0n) is 17.3. The summed E-state index contributed by atoms with van der Waals surface area (Å²) in [5.41, 5.74) is 4.22. The summed E-state index contributed by atoms with van der Waals surface area (Å²) >= 11 is 16.4. The largest absolute Gasteiger partial charge is 0.361 e. The van der Waals surface area contributed by atoms with Gasteiger partial charge in [0.2, 0.25) is 0 Å². The molecular weight excluding hydrogens is 437 g/mol. The van der Waals surface area contributed by atoms with Crippen molar-refractivity contribution in [3.8, 4) is 5.69 Å². The summed E-state index contributed by atoms with van der Waals surface area (Å²) in [7, 11) is 2.10. The van der Waals surface area contributed by atoms with Crippen LogP contribution in [-0.2, 0) is 13.1 Å². The summed E-state index contributed by atoms with van der Waals surface area (Å²) in [4.78, 5) is 2.25. The number of hydrogen-bond acceptors (Lipinski definition) is 5. The second-order valence-corrected chi connectivity index (χ2v) is 9.89. The monoisotopic (exact) mass is 463 g/mol. The normalized spacial score (nSPS) is 22.6. The van der Waals surface area contributed by atoms with Crippen molar-refractivity contribution in [1.29, 1.82) is 0 Å². The van der Waals surface area contributed by atoms with Crippen molar-refractivity contribution in [2.24, 2.45) is 5.92 Å². The molecule has 8 heteroatoms. The van der Waals surface area contributed by atoms with Crippen LogP contribution < -0.4 is 5.32 Å². The molecule has 1 fully saturated rings. The van der Waals surface area contributed by atoms with Crippen molar-refractivity contribution in [3.63, 3.8) is 0 Å². The standard InChI is InChI=1S/C22H27Cl2N5S/c1-13(25-14(2)21(24)30)15-4-6-16(7-5-15)22-27-26-20-12-28(3)11-17-10-18(23)8-9-19(17)29(20)22/h8-10,15-16,25,30H,1,4-7,11-12H2,2-3H3/b21-14-. The van der Waals surface area contributed by atoms with Crippen molar-refractivity contribution in [2.45, 2.75) is 51.6 Å². The van der Waals surface area contributed by atoms with E-state index in [1.54, 1.807) is 0 Å². The molecular formula is C22H27Cl2N5S. The lowest BCUT2D eigenvalue weighted by molar-refractivity contribution is 0.315. The Bertz CT molecular complexity index is 987. The molecule has 1 aliphatic carbocycles. The number of aromatic nitrogens is 3. The Morgan fingerprint density at radius 1 is 1.20 bits per heavy atom. The molecule has 0 radical (unpaired) electrons. The van der Waals surface area contributed by atoms with Gasteiger partial charge in [-0.25, -0.2) is 0 Å². The molecule has 1 aromatic carbocycles. The Balaban J connectivity index is 1.55. The van der Waals surface area contributed by atoms with E-state index in [-0.39, 0.29) is 0 Å². The maximum absolute atomic E-state index is 6.28. The van der Waals surface area contributed by atoms with Crippen molar-refractivity contribution < 1.29 is 0 Å². The summed E-state index contributed by atoms with van der Waals surface area (Å²) < 4.78 is 2.74. The average molecular weight is 464 g/mol. The number of benzene rings is 1. The molecule has 30 heavy (non-hydrogen) atoms. The van der Waals surface area contributed by atoms with Crippen LogP contribution >= 0.6 is 35.8 Å². The number of halogens is 2. The van der Waals surface area contributed by atoms with Crippen molar-refractivity contribution in [3.05, 3.63) is 62.8 Å². The SMILES string of the molecule is C=C(N/C(C)=C(\S)Cl)C1CCC(c2nnc3n2-c2ccc(Cl)cc2CN(C)C3)CC1. The predicted molar refractivity (Wildman–Crippen MR) is 126 cm³/mol. The number of fused-ring (bicyclic) bond motifs is 3. The molecule has 0 unspecified atom stereocenters. The fourth-order valence-corrected chi connectivity index (χ4v) is 4.84. The minimum Gasteiger partial charge on any atom is -0.361 e. The zero-order chi connectivity index (χ0) is 21.4. The molecule has 2 heterocycles. The molecule has 0 bridgehead atoms. The Hall–Kier alpha value is -1.47. The predicted octanol–water partition coefficient (Wildman–Crippen LogP) is 5.60. The van der Waals surface area contributed by atoms with Crippen LogP contribution in [0.3, 0.4) is 0 Å². The van der Waals surface area contributed by atoms with E-state index in [1.807, 2.05) is 13.0 Å². The summed E-state index contributed by atoms with van der Waals surface area (Å²) in [5.74, 6) is 2.86.